The SMILES string of the molecule is CCn1nc2c(c1CCN=[N+]=[N-])CCC2. The van der Waals surface area contributed by atoms with Gasteiger partial charge in [0.05, 0.1) is 5.69 Å². The standard InChI is InChI=1S/C10H15N5/c1-2-15-10(6-7-12-14-11)8-4-3-5-9(8)13-15/h2-7H2,1H3. The van der Waals surface area contributed by atoms with Crippen LogP contribution < -0.4 is 0 Å². The second kappa shape index (κ2) is 4.36. The molecule has 1 aliphatic rings. The summed E-state index contributed by atoms with van der Waals surface area (Å²) >= 11 is 0. The zero-order chi connectivity index (χ0) is 10.7. The molecular formula is C10H15N5. The van der Waals surface area contributed by atoms with Gasteiger partial charge in [0.2, 0.25) is 0 Å². The minimum atomic E-state index is 0.536. The number of aromatic nitrogens is 2. The van der Waals surface area contributed by atoms with Gasteiger partial charge in [-0.15, -0.1) is 0 Å². The van der Waals surface area contributed by atoms with Crippen molar-refractivity contribution in [2.45, 2.75) is 39.2 Å². The molecule has 0 aliphatic heterocycles. The van der Waals surface area contributed by atoms with Crippen LogP contribution in [0.3, 0.4) is 0 Å². The largest absolute Gasteiger partial charge is 0.269 e. The molecule has 1 heterocycles. The van der Waals surface area contributed by atoms with Crippen LogP contribution in [0.25, 0.3) is 10.4 Å². The minimum Gasteiger partial charge on any atom is -0.269 e. The maximum Gasteiger partial charge on any atom is 0.0659 e. The van der Waals surface area contributed by atoms with E-state index < -0.39 is 0 Å². The van der Waals surface area contributed by atoms with Crippen molar-refractivity contribution in [3.05, 3.63) is 27.4 Å². The van der Waals surface area contributed by atoms with E-state index in [1.54, 1.807) is 0 Å². The van der Waals surface area contributed by atoms with Gasteiger partial charge < -0.3 is 0 Å². The zero-order valence-corrected chi connectivity index (χ0v) is 8.98. The van der Waals surface area contributed by atoms with E-state index in [1.165, 1.54) is 23.4 Å². The van der Waals surface area contributed by atoms with Gasteiger partial charge in [0.15, 0.2) is 0 Å². The number of hydrogen-bond acceptors (Lipinski definition) is 2. The molecule has 2 rings (SSSR count). The Kier molecular flexibility index (Phi) is 2.92. The van der Waals surface area contributed by atoms with Gasteiger partial charge in [-0.3, -0.25) is 4.68 Å². The molecule has 0 N–H and O–H groups in total. The molecule has 1 aromatic rings. The predicted molar refractivity (Wildman–Crippen MR) is 57.6 cm³/mol. The Morgan fingerprint density at radius 2 is 2.40 bits per heavy atom. The third kappa shape index (κ3) is 1.83. The lowest BCUT2D eigenvalue weighted by Crippen LogP contribution is -2.06. The molecular weight excluding hydrogens is 190 g/mol. The predicted octanol–water partition coefficient (Wildman–Crippen LogP) is 2.24. The molecule has 0 spiro atoms. The van der Waals surface area contributed by atoms with E-state index >= 15 is 0 Å². The fraction of sp³-hybridized carbons (Fsp3) is 0.700. The summed E-state index contributed by atoms with van der Waals surface area (Å²) in [4.78, 5) is 2.78. The van der Waals surface area contributed by atoms with Crippen LogP contribution in [0.2, 0.25) is 0 Å². The van der Waals surface area contributed by atoms with Crippen molar-refractivity contribution in [3.63, 3.8) is 0 Å². The summed E-state index contributed by atoms with van der Waals surface area (Å²) < 4.78 is 2.05. The van der Waals surface area contributed by atoms with Crippen LogP contribution in [-0.2, 0) is 25.8 Å². The highest BCUT2D eigenvalue weighted by Crippen LogP contribution is 2.25. The Balaban J connectivity index is 2.23. The second-order valence-corrected chi connectivity index (χ2v) is 3.75. The fourth-order valence-corrected chi connectivity index (χ4v) is 2.25. The normalized spacial score (nSPS) is 13.7. The summed E-state index contributed by atoms with van der Waals surface area (Å²) in [6.07, 6.45) is 4.29. The van der Waals surface area contributed by atoms with Crippen LogP contribution in [0.4, 0.5) is 0 Å². The lowest BCUT2D eigenvalue weighted by Gasteiger charge is -2.04. The monoisotopic (exact) mass is 205 g/mol. The number of aryl methyl sites for hydroxylation is 2. The van der Waals surface area contributed by atoms with Crippen molar-refractivity contribution in [1.29, 1.82) is 0 Å². The summed E-state index contributed by atoms with van der Waals surface area (Å²) in [5.74, 6) is 0. The van der Waals surface area contributed by atoms with E-state index in [2.05, 4.69) is 26.7 Å². The zero-order valence-electron chi connectivity index (χ0n) is 8.98. The Morgan fingerprint density at radius 1 is 1.53 bits per heavy atom. The fourth-order valence-electron chi connectivity index (χ4n) is 2.25. The Morgan fingerprint density at radius 3 is 3.13 bits per heavy atom. The second-order valence-electron chi connectivity index (χ2n) is 3.75. The first-order valence-corrected chi connectivity index (χ1v) is 5.45. The molecule has 0 aromatic carbocycles. The number of hydrogen-bond donors (Lipinski definition) is 0. The van der Waals surface area contributed by atoms with E-state index in [-0.39, 0.29) is 0 Å². The third-order valence-electron chi connectivity index (χ3n) is 2.90. The summed E-state index contributed by atoms with van der Waals surface area (Å²) in [6, 6.07) is 0. The molecule has 5 heteroatoms. The van der Waals surface area contributed by atoms with Gasteiger partial charge in [-0.2, -0.15) is 5.10 Å². The Hall–Kier alpha value is -1.48. The third-order valence-corrected chi connectivity index (χ3v) is 2.90. The highest BCUT2D eigenvalue weighted by molar-refractivity contribution is 5.30. The van der Waals surface area contributed by atoms with E-state index in [0.717, 1.165) is 25.8 Å². The van der Waals surface area contributed by atoms with Crippen LogP contribution in [-0.4, -0.2) is 16.3 Å². The van der Waals surface area contributed by atoms with Crippen molar-refractivity contribution < 1.29 is 0 Å². The van der Waals surface area contributed by atoms with E-state index in [0.29, 0.717) is 6.54 Å². The number of rotatable bonds is 4. The van der Waals surface area contributed by atoms with E-state index in [1.807, 2.05) is 0 Å². The van der Waals surface area contributed by atoms with Gasteiger partial charge in [-0.05, 0) is 43.7 Å². The van der Waals surface area contributed by atoms with Crippen LogP contribution in [0, 0.1) is 0 Å². The molecule has 0 amide bonds. The van der Waals surface area contributed by atoms with Crippen LogP contribution in [0.15, 0.2) is 5.11 Å². The molecule has 0 unspecified atom stereocenters. The van der Waals surface area contributed by atoms with Crippen molar-refractivity contribution in [2.75, 3.05) is 6.54 Å². The molecule has 0 fully saturated rings. The van der Waals surface area contributed by atoms with Gasteiger partial charge in [0.1, 0.15) is 0 Å². The van der Waals surface area contributed by atoms with Crippen molar-refractivity contribution in [1.82, 2.24) is 9.78 Å². The van der Waals surface area contributed by atoms with E-state index in [4.69, 9.17) is 5.53 Å². The van der Waals surface area contributed by atoms with Gasteiger partial charge in [0, 0.05) is 23.7 Å². The van der Waals surface area contributed by atoms with E-state index in [9.17, 15) is 0 Å². The molecule has 15 heavy (non-hydrogen) atoms. The highest BCUT2D eigenvalue weighted by atomic mass is 15.3. The van der Waals surface area contributed by atoms with Crippen molar-refractivity contribution in [3.8, 4) is 0 Å². The first-order valence-electron chi connectivity index (χ1n) is 5.45. The van der Waals surface area contributed by atoms with Gasteiger partial charge in [-0.1, -0.05) is 5.11 Å². The lowest BCUT2D eigenvalue weighted by atomic mass is 10.1. The van der Waals surface area contributed by atoms with Crippen molar-refractivity contribution >= 4 is 0 Å². The number of fused-ring (bicyclic) bond motifs is 1. The molecule has 80 valence electrons. The maximum atomic E-state index is 8.25. The smallest absolute Gasteiger partial charge is 0.0659 e. The first kappa shape index (κ1) is 10.1. The molecule has 5 nitrogen and oxygen atoms in total. The molecule has 0 radical (unpaired) electrons. The average molecular weight is 205 g/mol. The average Bonchev–Trinajstić information content (AvgIpc) is 2.79. The van der Waals surface area contributed by atoms with Crippen LogP contribution in [0.5, 0.6) is 0 Å². The van der Waals surface area contributed by atoms with Crippen LogP contribution in [0.1, 0.15) is 30.3 Å². The quantitative estimate of drug-likeness (QED) is 0.422. The minimum absolute atomic E-state index is 0.536. The van der Waals surface area contributed by atoms with Gasteiger partial charge in [-0.25, -0.2) is 0 Å². The van der Waals surface area contributed by atoms with Gasteiger partial charge in [0.25, 0.3) is 0 Å². The molecule has 0 saturated heterocycles. The Labute approximate surface area is 88.7 Å². The maximum absolute atomic E-state index is 8.25. The summed E-state index contributed by atoms with van der Waals surface area (Å²) in [6.45, 7) is 3.53. The number of nitrogens with zero attached hydrogens (tertiary/aromatic N) is 5. The summed E-state index contributed by atoms with van der Waals surface area (Å²) in [5, 5.41) is 8.16. The molecule has 1 aromatic heterocycles. The molecule has 0 atom stereocenters. The Bertz CT molecular complexity index is 400. The molecule has 0 saturated carbocycles. The highest BCUT2D eigenvalue weighted by Gasteiger charge is 2.20. The summed E-state index contributed by atoms with van der Waals surface area (Å²) in [5.41, 5.74) is 12.2. The van der Waals surface area contributed by atoms with Gasteiger partial charge >= 0.3 is 0 Å². The first-order chi connectivity index (χ1) is 7.36. The van der Waals surface area contributed by atoms with Crippen molar-refractivity contribution in [2.24, 2.45) is 5.11 Å². The lowest BCUT2D eigenvalue weighted by molar-refractivity contribution is 0.603. The molecule has 0 bridgehead atoms. The topological polar surface area (TPSA) is 66.6 Å². The summed E-state index contributed by atoms with van der Waals surface area (Å²) in [7, 11) is 0. The molecule has 1 aliphatic carbocycles. The van der Waals surface area contributed by atoms with Crippen LogP contribution >= 0.6 is 0 Å². The number of azide groups is 1.